The van der Waals surface area contributed by atoms with Crippen molar-refractivity contribution >= 4 is 23.9 Å². The van der Waals surface area contributed by atoms with Crippen LogP contribution in [0.5, 0.6) is 0 Å². The molecule has 2 aliphatic rings. The number of carbonyl (C=O) groups is 4. The summed E-state index contributed by atoms with van der Waals surface area (Å²) in [7, 11) is 0. The maximum Gasteiger partial charge on any atom is 0.407 e. The molecular formula is C24H25N3O6. The van der Waals surface area contributed by atoms with E-state index in [4.69, 9.17) is 9.84 Å². The van der Waals surface area contributed by atoms with Gasteiger partial charge in [-0.05, 0) is 22.3 Å². The Hall–Kier alpha value is -3.88. The number of hydrogen-bond acceptors (Lipinski definition) is 5. The van der Waals surface area contributed by atoms with Gasteiger partial charge in [0, 0.05) is 32.0 Å². The first-order valence-electron chi connectivity index (χ1n) is 10.8. The van der Waals surface area contributed by atoms with Gasteiger partial charge in [0.05, 0.1) is 6.54 Å². The molecular weight excluding hydrogens is 426 g/mol. The van der Waals surface area contributed by atoms with Gasteiger partial charge in [0.15, 0.2) is 0 Å². The first kappa shape index (κ1) is 22.3. The van der Waals surface area contributed by atoms with Crippen LogP contribution in [0.3, 0.4) is 0 Å². The minimum Gasteiger partial charge on any atom is -0.480 e. The van der Waals surface area contributed by atoms with Gasteiger partial charge in [-0.25, -0.2) is 4.79 Å². The number of ether oxygens (including phenoxy) is 1. The van der Waals surface area contributed by atoms with Crippen molar-refractivity contribution in [1.29, 1.82) is 0 Å². The average molecular weight is 451 g/mol. The van der Waals surface area contributed by atoms with Gasteiger partial charge in [0.2, 0.25) is 11.8 Å². The third-order valence-electron chi connectivity index (χ3n) is 5.95. The smallest absolute Gasteiger partial charge is 0.407 e. The largest absolute Gasteiger partial charge is 0.480 e. The van der Waals surface area contributed by atoms with Crippen LogP contribution >= 0.6 is 0 Å². The molecule has 33 heavy (non-hydrogen) atoms. The summed E-state index contributed by atoms with van der Waals surface area (Å²) >= 11 is 0. The lowest BCUT2D eigenvalue weighted by Gasteiger charge is -2.33. The zero-order valence-corrected chi connectivity index (χ0v) is 18.0. The van der Waals surface area contributed by atoms with Crippen LogP contribution in [-0.4, -0.2) is 78.1 Å². The van der Waals surface area contributed by atoms with E-state index in [1.165, 1.54) is 9.80 Å². The fourth-order valence-corrected chi connectivity index (χ4v) is 4.33. The van der Waals surface area contributed by atoms with Gasteiger partial charge in [-0.15, -0.1) is 0 Å². The van der Waals surface area contributed by atoms with E-state index >= 15 is 0 Å². The number of aliphatic carboxylic acids is 1. The molecule has 3 amide bonds. The zero-order chi connectivity index (χ0) is 23.4. The quantitative estimate of drug-likeness (QED) is 0.662. The highest BCUT2D eigenvalue weighted by atomic mass is 16.5. The summed E-state index contributed by atoms with van der Waals surface area (Å²) in [5.41, 5.74) is 4.53. The highest BCUT2D eigenvalue weighted by Gasteiger charge is 2.30. The Labute approximate surface area is 190 Å². The summed E-state index contributed by atoms with van der Waals surface area (Å²) in [6, 6.07) is 16.1. The number of benzene rings is 2. The summed E-state index contributed by atoms with van der Waals surface area (Å²) in [5, 5.41) is 11.4. The van der Waals surface area contributed by atoms with Crippen molar-refractivity contribution in [3.63, 3.8) is 0 Å². The van der Waals surface area contributed by atoms with Crippen molar-refractivity contribution in [1.82, 2.24) is 15.1 Å². The Morgan fingerprint density at radius 3 is 2.24 bits per heavy atom. The molecule has 0 radical (unpaired) electrons. The maximum atomic E-state index is 12.3. The maximum absolute atomic E-state index is 12.3. The molecule has 0 unspecified atom stereocenters. The van der Waals surface area contributed by atoms with Crippen molar-refractivity contribution in [3.8, 4) is 11.1 Å². The van der Waals surface area contributed by atoms with Gasteiger partial charge in [0.25, 0.3) is 0 Å². The monoisotopic (exact) mass is 451 g/mol. The van der Waals surface area contributed by atoms with Gasteiger partial charge >= 0.3 is 12.1 Å². The molecule has 1 heterocycles. The van der Waals surface area contributed by atoms with Crippen LogP contribution in [0.2, 0.25) is 0 Å². The van der Waals surface area contributed by atoms with Gasteiger partial charge in [-0.3, -0.25) is 14.4 Å². The van der Waals surface area contributed by atoms with Crippen LogP contribution in [0.15, 0.2) is 48.5 Å². The standard InChI is InChI=1S/C24H25N3O6/c28-21(26-11-12-27(14-23(30)31)22(29)13-26)9-10-25-24(32)33-15-20-18-7-3-1-5-16(18)17-6-2-4-8-19(17)20/h1-8,20H,9-15H2,(H,25,32)(H,30,31). The Morgan fingerprint density at radius 1 is 1.00 bits per heavy atom. The summed E-state index contributed by atoms with van der Waals surface area (Å²) in [6.07, 6.45) is -0.580. The van der Waals surface area contributed by atoms with Crippen molar-refractivity contribution < 1.29 is 29.0 Å². The molecule has 0 saturated carbocycles. The Kier molecular flexibility index (Phi) is 6.58. The van der Waals surface area contributed by atoms with Crippen molar-refractivity contribution in [3.05, 3.63) is 59.7 Å². The second kappa shape index (κ2) is 9.72. The summed E-state index contributed by atoms with van der Waals surface area (Å²) in [5.74, 6) is -1.81. The Balaban J connectivity index is 1.23. The van der Waals surface area contributed by atoms with E-state index in [9.17, 15) is 19.2 Å². The van der Waals surface area contributed by atoms with Crippen LogP contribution < -0.4 is 5.32 Å². The number of hydrogen-bond donors (Lipinski definition) is 2. The molecule has 172 valence electrons. The van der Waals surface area contributed by atoms with E-state index in [0.717, 1.165) is 22.3 Å². The number of alkyl carbamates (subject to hydrolysis) is 1. The number of nitrogens with one attached hydrogen (secondary N) is 1. The van der Waals surface area contributed by atoms with Gasteiger partial charge < -0.3 is 25.0 Å². The Bertz CT molecular complexity index is 1040. The first-order valence-corrected chi connectivity index (χ1v) is 10.8. The molecule has 1 aliphatic carbocycles. The van der Waals surface area contributed by atoms with Crippen molar-refractivity contribution in [2.45, 2.75) is 12.3 Å². The molecule has 0 spiro atoms. The number of fused-ring (bicyclic) bond motifs is 3. The lowest BCUT2D eigenvalue weighted by molar-refractivity contribution is -0.150. The molecule has 1 aliphatic heterocycles. The van der Waals surface area contributed by atoms with Crippen molar-refractivity contribution in [2.24, 2.45) is 0 Å². The number of amides is 3. The number of rotatable bonds is 7. The van der Waals surface area contributed by atoms with E-state index in [1.807, 2.05) is 36.4 Å². The summed E-state index contributed by atoms with van der Waals surface area (Å²) in [6.45, 7) is 0.188. The normalized spacial score (nSPS) is 15.1. The number of carboxylic acids is 1. The van der Waals surface area contributed by atoms with Crippen LogP contribution in [0.4, 0.5) is 4.79 Å². The average Bonchev–Trinajstić information content (AvgIpc) is 3.12. The van der Waals surface area contributed by atoms with E-state index in [0.29, 0.717) is 0 Å². The van der Waals surface area contributed by atoms with Crippen LogP contribution in [0.1, 0.15) is 23.5 Å². The lowest BCUT2D eigenvalue weighted by Crippen LogP contribution is -2.53. The topological polar surface area (TPSA) is 116 Å². The van der Waals surface area contributed by atoms with Crippen LogP contribution in [-0.2, 0) is 19.1 Å². The second-order valence-electron chi connectivity index (χ2n) is 8.03. The molecule has 1 fully saturated rings. The van der Waals surface area contributed by atoms with E-state index < -0.39 is 18.0 Å². The SMILES string of the molecule is O=C(O)CN1CCN(C(=O)CCNC(=O)OCC2c3ccccc3-c3ccccc32)CC1=O. The predicted octanol–water partition coefficient (Wildman–Crippen LogP) is 1.67. The Morgan fingerprint density at radius 2 is 1.64 bits per heavy atom. The van der Waals surface area contributed by atoms with Gasteiger partial charge in [0.1, 0.15) is 13.2 Å². The molecule has 0 aromatic heterocycles. The molecule has 2 aromatic rings. The zero-order valence-electron chi connectivity index (χ0n) is 18.0. The highest BCUT2D eigenvalue weighted by molar-refractivity contribution is 5.88. The molecule has 0 atom stereocenters. The molecule has 9 heteroatoms. The summed E-state index contributed by atoms with van der Waals surface area (Å²) in [4.78, 5) is 49.9. The lowest BCUT2D eigenvalue weighted by atomic mass is 9.98. The molecule has 2 N–H and O–H groups in total. The van der Waals surface area contributed by atoms with Crippen molar-refractivity contribution in [2.75, 3.05) is 39.3 Å². The second-order valence-corrected chi connectivity index (χ2v) is 8.03. The van der Waals surface area contributed by atoms with Gasteiger partial charge in [-0.2, -0.15) is 0 Å². The third kappa shape index (κ3) is 4.97. The predicted molar refractivity (Wildman–Crippen MR) is 118 cm³/mol. The number of carbonyl (C=O) groups excluding carboxylic acids is 3. The minimum absolute atomic E-state index is 0.0242. The number of nitrogens with zero attached hydrogens (tertiary/aromatic N) is 2. The van der Waals surface area contributed by atoms with Crippen LogP contribution in [0, 0.1) is 0 Å². The molecule has 2 aromatic carbocycles. The molecule has 0 bridgehead atoms. The number of carboxylic acid groups (broad SMARTS) is 1. The fraction of sp³-hybridized carbons (Fsp3) is 0.333. The minimum atomic E-state index is -1.09. The van der Waals surface area contributed by atoms with Gasteiger partial charge in [-0.1, -0.05) is 48.5 Å². The molecule has 4 rings (SSSR count). The van der Waals surface area contributed by atoms with Crippen LogP contribution in [0.25, 0.3) is 11.1 Å². The number of piperazine rings is 1. The fourth-order valence-electron chi connectivity index (χ4n) is 4.33. The molecule has 1 saturated heterocycles. The highest BCUT2D eigenvalue weighted by Crippen LogP contribution is 2.44. The molecule has 9 nitrogen and oxygen atoms in total. The summed E-state index contributed by atoms with van der Waals surface area (Å²) < 4.78 is 5.44. The van der Waals surface area contributed by atoms with E-state index in [2.05, 4.69) is 17.4 Å². The third-order valence-corrected chi connectivity index (χ3v) is 5.95. The first-order chi connectivity index (χ1) is 15.9. The van der Waals surface area contributed by atoms with E-state index in [-0.39, 0.29) is 57.6 Å². The van der Waals surface area contributed by atoms with E-state index in [1.54, 1.807) is 0 Å².